The number of hydrogen-bond acceptors (Lipinski definition) is 3. The maximum atomic E-state index is 12.3. The Bertz CT molecular complexity index is 571. The van der Waals surface area contributed by atoms with Crippen molar-refractivity contribution >= 4 is 11.8 Å². The first-order valence-electron chi connectivity index (χ1n) is 7.65. The number of hydrogen-bond donors (Lipinski definition) is 1. The van der Waals surface area contributed by atoms with Crippen LogP contribution >= 0.6 is 0 Å². The van der Waals surface area contributed by atoms with Gasteiger partial charge in [-0.15, -0.1) is 0 Å². The molecule has 120 valence electrons. The zero-order valence-corrected chi connectivity index (χ0v) is 13.7. The molecule has 1 fully saturated rings. The Hall–Kier alpha value is -1.88. The quantitative estimate of drug-likeness (QED) is 0.924. The highest BCUT2D eigenvalue weighted by molar-refractivity contribution is 5.96. The Morgan fingerprint density at radius 1 is 1.27 bits per heavy atom. The van der Waals surface area contributed by atoms with E-state index < -0.39 is 0 Å². The molecule has 1 N–H and O–H groups in total. The van der Waals surface area contributed by atoms with Crippen molar-refractivity contribution in [1.82, 2.24) is 10.2 Å². The van der Waals surface area contributed by atoms with Crippen molar-refractivity contribution in [2.45, 2.75) is 39.8 Å². The van der Waals surface area contributed by atoms with Gasteiger partial charge in [-0.2, -0.15) is 0 Å². The van der Waals surface area contributed by atoms with Gasteiger partial charge in [-0.1, -0.05) is 6.07 Å². The fourth-order valence-electron chi connectivity index (χ4n) is 2.49. The summed E-state index contributed by atoms with van der Waals surface area (Å²) in [5.74, 6) is -0.287. The van der Waals surface area contributed by atoms with Crippen LogP contribution in [-0.4, -0.2) is 48.6 Å². The van der Waals surface area contributed by atoms with E-state index in [4.69, 9.17) is 4.74 Å². The van der Waals surface area contributed by atoms with E-state index in [1.807, 2.05) is 39.8 Å². The number of ether oxygens (including phenoxy) is 1. The molecular formula is C17H24N2O3. The number of benzene rings is 1. The molecule has 2 rings (SSSR count). The molecular weight excluding hydrogens is 280 g/mol. The van der Waals surface area contributed by atoms with E-state index >= 15 is 0 Å². The molecule has 2 atom stereocenters. The molecule has 1 heterocycles. The Balaban J connectivity index is 1.92. The van der Waals surface area contributed by atoms with Crippen LogP contribution < -0.4 is 5.32 Å². The lowest BCUT2D eigenvalue weighted by molar-refractivity contribution is -0.142. The van der Waals surface area contributed by atoms with Crippen LogP contribution in [0.3, 0.4) is 0 Å². The lowest BCUT2D eigenvalue weighted by Gasteiger charge is -2.36. The number of aryl methyl sites for hydroxylation is 2. The van der Waals surface area contributed by atoms with E-state index in [0.717, 1.165) is 11.1 Å². The van der Waals surface area contributed by atoms with E-state index in [1.54, 1.807) is 11.0 Å². The molecule has 1 aliphatic rings. The van der Waals surface area contributed by atoms with Crippen LogP contribution in [0.25, 0.3) is 0 Å². The second-order valence-corrected chi connectivity index (χ2v) is 6.02. The SMILES string of the molecule is Cc1ccc(C(=O)NCC(=O)N2CC(C)OCC2C)cc1C. The zero-order valence-electron chi connectivity index (χ0n) is 13.7. The summed E-state index contributed by atoms with van der Waals surface area (Å²) in [6, 6.07) is 5.58. The lowest BCUT2D eigenvalue weighted by Crippen LogP contribution is -2.52. The van der Waals surface area contributed by atoms with Crippen molar-refractivity contribution in [2.24, 2.45) is 0 Å². The molecule has 0 aromatic heterocycles. The first-order valence-corrected chi connectivity index (χ1v) is 7.65. The third kappa shape index (κ3) is 3.85. The first-order chi connectivity index (χ1) is 10.4. The number of carbonyl (C=O) groups excluding carboxylic acids is 2. The van der Waals surface area contributed by atoms with Crippen molar-refractivity contribution in [2.75, 3.05) is 19.7 Å². The maximum Gasteiger partial charge on any atom is 0.251 e. The van der Waals surface area contributed by atoms with Crippen LogP contribution in [0.4, 0.5) is 0 Å². The largest absolute Gasteiger partial charge is 0.375 e. The zero-order chi connectivity index (χ0) is 16.3. The van der Waals surface area contributed by atoms with Crippen molar-refractivity contribution in [1.29, 1.82) is 0 Å². The van der Waals surface area contributed by atoms with Crippen LogP contribution in [-0.2, 0) is 9.53 Å². The van der Waals surface area contributed by atoms with Gasteiger partial charge in [0.1, 0.15) is 0 Å². The average molecular weight is 304 g/mol. The van der Waals surface area contributed by atoms with Gasteiger partial charge in [-0.05, 0) is 51.0 Å². The number of amides is 2. The van der Waals surface area contributed by atoms with Gasteiger partial charge in [-0.3, -0.25) is 9.59 Å². The molecule has 2 unspecified atom stereocenters. The Morgan fingerprint density at radius 2 is 2.00 bits per heavy atom. The van der Waals surface area contributed by atoms with E-state index in [0.29, 0.717) is 18.7 Å². The minimum Gasteiger partial charge on any atom is -0.375 e. The lowest BCUT2D eigenvalue weighted by atomic mass is 10.1. The van der Waals surface area contributed by atoms with Crippen LogP contribution in [0, 0.1) is 13.8 Å². The highest BCUT2D eigenvalue weighted by Crippen LogP contribution is 2.12. The summed E-state index contributed by atoms with van der Waals surface area (Å²) in [5.41, 5.74) is 2.79. The Kier molecular flexibility index (Phi) is 5.19. The predicted octanol–water partition coefficient (Wildman–Crippen LogP) is 1.67. The van der Waals surface area contributed by atoms with Gasteiger partial charge in [0, 0.05) is 12.1 Å². The average Bonchev–Trinajstić information content (AvgIpc) is 2.49. The molecule has 1 aliphatic heterocycles. The monoisotopic (exact) mass is 304 g/mol. The van der Waals surface area contributed by atoms with Gasteiger partial charge in [0.05, 0.1) is 25.3 Å². The molecule has 0 radical (unpaired) electrons. The van der Waals surface area contributed by atoms with Crippen molar-refractivity contribution in [3.05, 3.63) is 34.9 Å². The minimum atomic E-state index is -0.217. The number of nitrogens with zero attached hydrogens (tertiary/aromatic N) is 1. The normalized spacial score (nSPS) is 21.5. The molecule has 5 heteroatoms. The van der Waals surface area contributed by atoms with Crippen LogP contribution in [0.5, 0.6) is 0 Å². The molecule has 1 aromatic rings. The summed E-state index contributed by atoms with van der Waals surface area (Å²) < 4.78 is 5.51. The van der Waals surface area contributed by atoms with Gasteiger partial charge in [0.15, 0.2) is 0 Å². The summed E-state index contributed by atoms with van der Waals surface area (Å²) in [4.78, 5) is 26.2. The molecule has 22 heavy (non-hydrogen) atoms. The van der Waals surface area contributed by atoms with E-state index in [9.17, 15) is 9.59 Å². The number of carbonyl (C=O) groups is 2. The molecule has 0 spiro atoms. The van der Waals surface area contributed by atoms with Gasteiger partial charge in [-0.25, -0.2) is 0 Å². The number of nitrogens with one attached hydrogen (secondary N) is 1. The van der Waals surface area contributed by atoms with Crippen LogP contribution in [0.15, 0.2) is 18.2 Å². The Morgan fingerprint density at radius 3 is 2.68 bits per heavy atom. The summed E-state index contributed by atoms with van der Waals surface area (Å²) >= 11 is 0. The van der Waals surface area contributed by atoms with Gasteiger partial charge >= 0.3 is 0 Å². The fraction of sp³-hybridized carbons (Fsp3) is 0.529. The predicted molar refractivity (Wildman–Crippen MR) is 84.8 cm³/mol. The topological polar surface area (TPSA) is 58.6 Å². The summed E-state index contributed by atoms with van der Waals surface area (Å²) in [6.45, 7) is 8.99. The number of morpholine rings is 1. The first kappa shape index (κ1) is 16.5. The molecule has 1 saturated heterocycles. The van der Waals surface area contributed by atoms with Crippen molar-refractivity contribution in [3.63, 3.8) is 0 Å². The van der Waals surface area contributed by atoms with Gasteiger partial charge < -0.3 is 15.0 Å². The standard InChI is InChI=1S/C17H24N2O3/c1-11-5-6-15(7-12(11)2)17(21)18-8-16(20)19-9-14(4)22-10-13(19)3/h5-7,13-14H,8-10H2,1-4H3,(H,18,21). The molecule has 0 bridgehead atoms. The van der Waals surface area contributed by atoms with Gasteiger partial charge in [0.2, 0.25) is 5.91 Å². The molecule has 5 nitrogen and oxygen atoms in total. The molecule has 0 aliphatic carbocycles. The third-order valence-corrected chi connectivity index (χ3v) is 4.10. The van der Waals surface area contributed by atoms with E-state index in [1.165, 1.54) is 0 Å². The summed E-state index contributed by atoms with van der Waals surface area (Å²) in [6.07, 6.45) is 0.0376. The summed E-state index contributed by atoms with van der Waals surface area (Å²) in [7, 11) is 0. The van der Waals surface area contributed by atoms with E-state index in [-0.39, 0.29) is 30.5 Å². The second kappa shape index (κ2) is 6.92. The summed E-state index contributed by atoms with van der Waals surface area (Å²) in [5, 5.41) is 2.71. The smallest absolute Gasteiger partial charge is 0.251 e. The number of rotatable bonds is 3. The van der Waals surface area contributed by atoms with Crippen LogP contribution in [0.1, 0.15) is 35.3 Å². The second-order valence-electron chi connectivity index (χ2n) is 6.02. The minimum absolute atomic E-state index is 0.0167. The third-order valence-electron chi connectivity index (χ3n) is 4.10. The molecule has 1 aromatic carbocycles. The van der Waals surface area contributed by atoms with Crippen molar-refractivity contribution in [3.8, 4) is 0 Å². The molecule has 2 amide bonds. The highest BCUT2D eigenvalue weighted by atomic mass is 16.5. The van der Waals surface area contributed by atoms with E-state index in [2.05, 4.69) is 5.32 Å². The fourth-order valence-corrected chi connectivity index (χ4v) is 2.49. The molecule has 0 saturated carbocycles. The van der Waals surface area contributed by atoms with Crippen molar-refractivity contribution < 1.29 is 14.3 Å². The maximum absolute atomic E-state index is 12.3. The van der Waals surface area contributed by atoms with Crippen LogP contribution in [0.2, 0.25) is 0 Å². The van der Waals surface area contributed by atoms with Gasteiger partial charge in [0.25, 0.3) is 5.91 Å². The Labute approximate surface area is 131 Å². The highest BCUT2D eigenvalue weighted by Gasteiger charge is 2.27.